The van der Waals surface area contributed by atoms with Crippen LogP contribution in [0.5, 0.6) is 5.75 Å². The zero-order valence-electron chi connectivity index (χ0n) is 10.7. The lowest BCUT2D eigenvalue weighted by Crippen LogP contribution is -2.16. The first kappa shape index (κ1) is 15.0. The molecule has 0 unspecified atom stereocenters. The summed E-state index contributed by atoms with van der Waals surface area (Å²) in [5, 5.41) is 0. The van der Waals surface area contributed by atoms with Crippen molar-refractivity contribution < 1.29 is 14.3 Å². The highest BCUT2D eigenvalue weighted by Gasteiger charge is 2.11. The lowest BCUT2D eigenvalue weighted by molar-refractivity contribution is -0.145. The van der Waals surface area contributed by atoms with Gasteiger partial charge in [-0.15, -0.1) is 0 Å². The van der Waals surface area contributed by atoms with Gasteiger partial charge in [-0.3, -0.25) is 0 Å². The van der Waals surface area contributed by atoms with Crippen LogP contribution in [0.4, 0.5) is 0 Å². The molecule has 0 fully saturated rings. The summed E-state index contributed by atoms with van der Waals surface area (Å²) in [7, 11) is 0. The van der Waals surface area contributed by atoms with E-state index in [1.54, 1.807) is 6.92 Å². The van der Waals surface area contributed by atoms with Crippen molar-refractivity contribution >= 4 is 21.9 Å². The predicted octanol–water partition coefficient (Wildman–Crippen LogP) is 2.20. The van der Waals surface area contributed by atoms with Crippen LogP contribution in [0.25, 0.3) is 0 Å². The topological polar surface area (TPSA) is 61.5 Å². The summed E-state index contributed by atoms with van der Waals surface area (Å²) in [6, 6.07) is 3.90. The van der Waals surface area contributed by atoms with Crippen molar-refractivity contribution in [3.63, 3.8) is 0 Å². The van der Waals surface area contributed by atoms with Crippen LogP contribution >= 0.6 is 15.9 Å². The molecule has 100 valence electrons. The van der Waals surface area contributed by atoms with Gasteiger partial charge in [-0.2, -0.15) is 0 Å². The summed E-state index contributed by atoms with van der Waals surface area (Å²) >= 11 is 3.43. The van der Waals surface area contributed by atoms with E-state index in [0.717, 1.165) is 21.3 Å². The lowest BCUT2D eigenvalue weighted by Gasteiger charge is -2.14. The first-order valence-electron chi connectivity index (χ1n) is 5.86. The lowest BCUT2D eigenvalue weighted by atomic mass is 10.1. The molecule has 0 aliphatic heterocycles. The molecule has 5 heteroatoms. The third-order valence-electron chi connectivity index (χ3n) is 2.37. The van der Waals surface area contributed by atoms with Gasteiger partial charge in [0.2, 0.25) is 0 Å². The number of rotatable bonds is 6. The van der Waals surface area contributed by atoms with Gasteiger partial charge >= 0.3 is 5.97 Å². The number of hydrogen-bond donors (Lipinski definition) is 1. The van der Waals surface area contributed by atoms with E-state index >= 15 is 0 Å². The first-order valence-corrected chi connectivity index (χ1v) is 6.65. The molecule has 0 radical (unpaired) electrons. The Kier molecular flexibility index (Phi) is 6.15. The summed E-state index contributed by atoms with van der Waals surface area (Å²) in [5.74, 6) is 0.357. The Hall–Kier alpha value is -1.07. The van der Waals surface area contributed by atoms with Crippen LogP contribution in [0.3, 0.4) is 0 Å². The Balaban J connectivity index is 2.82. The number of benzene rings is 1. The van der Waals surface area contributed by atoms with Crippen molar-refractivity contribution in [3.05, 3.63) is 27.7 Å². The number of nitrogens with two attached hydrogens (primary N) is 1. The Morgan fingerprint density at radius 1 is 1.44 bits per heavy atom. The summed E-state index contributed by atoms with van der Waals surface area (Å²) in [6.45, 7) is 4.52. The Morgan fingerprint density at radius 3 is 2.78 bits per heavy atom. The van der Waals surface area contributed by atoms with Crippen molar-refractivity contribution in [2.45, 2.75) is 20.3 Å². The van der Waals surface area contributed by atoms with Gasteiger partial charge in [0.1, 0.15) is 5.75 Å². The van der Waals surface area contributed by atoms with E-state index in [9.17, 15) is 4.79 Å². The van der Waals surface area contributed by atoms with Gasteiger partial charge in [0.15, 0.2) is 6.61 Å². The fourth-order valence-electron chi connectivity index (χ4n) is 1.68. The van der Waals surface area contributed by atoms with E-state index in [0.29, 0.717) is 19.6 Å². The van der Waals surface area contributed by atoms with Gasteiger partial charge in [0, 0.05) is 4.47 Å². The fourth-order valence-corrected chi connectivity index (χ4v) is 2.30. The minimum absolute atomic E-state index is 0.0755. The zero-order valence-corrected chi connectivity index (χ0v) is 12.2. The average molecular weight is 316 g/mol. The summed E-state index contributed by atoms with van der Waals surface area (Å²) in [6.07, 6.45) is 0.707. The van der Waals surface area contributed by atoms with Crippen molar-refractivity contribution in [2.75, 3.05) is 19.8 Å². The van der Waals surface area contributed by atoms with Crippen molar-refractivity contribution in [2.24, 2.45) is 5.73 Å². The largest absolute Gasteiger partial charge is 0.481 e. The van der Waals surface area contributed by atoms with E-state index in [1.165, 1.54) is 0 Å². The average Bonchev–Trinajstić information content (AvgIpc) is 2.28. The van der Waals surface area contributed by atoms with Gasteiger partial charge in [-0.25, -0.2) is 4.79 Å². The van der Waals surface area contributed by atoms with Crippen LogP contribution in [0.2, 0.25) is 0 Å². The minimum atomic E-state index is -0.362. The third kappa shape index (κ3) is 4.31. The molecule has 0 aromatic heterocycles. The second-order valence-electron chi connectivity index (χ2n) is 3.84. The molecule has 0 saturated heterocycles. The smallest absolute Gasteiger partial charge is 0.344 e. The molecular weight excluding hydrogens is 298 g/mol. The molecule has 4 nitrogen and oxygen atoms in total. The molecule has 0 heterocycles. The highest BCUT2D eigenvalue weighted by atomic mass is 79.9. The molecule has 0 amide bonds. The summed E-state index contributed by atoms with van der Waals surface area (Å²) in [5.41, 5.74) is 7.53. The molecule has 2 N–H and O–H groups in total. The van der Waals surface area contributed by atoms with Gasteiger partial charge in [0.25, 0.3) is 0 Å². The Labute approximate surface area is 116 Å². The molecule has 0 aliphatic rings. The van der Waals surface area contributed by atoms with Gasteiger partial charge in [-0.1, -0.05) is 15.9 Å². The summed E-state index contributed by atoms with van der Waals surface area (Å²) < 4.78 is 11.3. The van der Waals surface area contributed by atoms with Gasteiger partial charge < -0.3 is 15.2 Å². The molecule has 0 bridgehead atoms. The minimum Gasteiger partial charge on any atom is -0.481 e. The number of hydrogen-bond acceptors (Lipinski definition) is 4. The maximum atomic E-state index is 11.3. The molecule has 0 aliphatic carbocycles. The van der Waals surface area contributed by atoms with Gasteiger partial charge in [0.05, 0.1) is 6.61 Å². The summed E-state index contributed by atoms with van der Waals surface area (Å²) in [4.78, 5) is 11.3. The Morgan fingerprint density at radius 2 is 2.17 bits per heavy atom. The number of carbonyl (C=O) groups excluding carboxylic acids is 1. The maximum absolute atomic E-state index is 11.3. The molecule has 1 aromatic carbocycles. The molecule has 0 atom stereocenters. The molecule has 1 rings (SSSR count). The number of carbonyl (C=O) groups is 1. The third-order valence-corrected chi connectivity index (χ3v) is 2.83. The predicted molar refractivity (Wildman–Crippen MR) is 73.8 cm³/mol. The molecule has 1 aromatic rings. The van der Waals surface area contributed by atoms with Crippen LogP contribution in [0, 0.1) is 6.92 Å². The highest BCUT2D eigenvalue weighted by molar-refractivity contribution is 9.10. The van der Waals surface area contributed by atoms with Crippen molar-refractivity contribution in [1.82, 2.24) is 0 Å². The van der Waals surface area contributed by atoms with Crippen LogP contribution in [-0.4, -0.2) is 25.7 Å². The van der Waals surface area contributed by atoms with E-state index in [4.69, 9.17) is 15.2 Å². The van der Waals surface area contributed by atoms with Gasteiger partial charge in [-0.05, 0) is 50.1 Å². The molecule has 0 saturated carbocycles. The monoisotopic (exact) mass is 315 g/mol. The van der Waals surface area contributed by atoms with Crippen molar-refractivity contribution in [3.8, 4) is 5.75 Å². The van der Waals surface area contributed by atoms with Crippen LogP contribution < -0.4 is 10.5 Å². The van der Waals surface area contributed by atoms with Crippen LogP contribution in [-0.2, 0) is 16.0 Å². The van der Waals surface area contributed by atoms with E-state index in [-0.39, 0.29) is 12.6 Å². The standard InChI is InChI=1S/C13H18BrNO3/c1-3-17-12(16)8-18-13-9(2)6-11(14)7-10(13)4-5-15/h6-7H,3-5,8,15H2,1-2H3. The number of aryl methyl sites for hydroxylation is 1. The van der Waals surface area contributed by atoms with E-state index < -0.39 is 0 Å². The first-order chi connectivity index (χ1) is 8.58. The number of halogens is 1. The second kappa shape index (κ2) is 7.38. The van der Waals surface area contributed by atoms with Crippen molar-refractivity contribution in [1.29, 1.82) is 0 Å². The van der Waals surface area contributed by atoms with E-state index in [2.05, 4.69) is 15.9 Å². The molecule has 0 spiro atoms. The molecular formula is C13H18BrNO3. The number of esters is 1. The fraction of sp³-hybridized carbons (Fsp3) is 0.462. The quantitative estimate of drug-likeness (QED) is 0.817. The SMILES string of the molecule is CCOC(=O)COc1c(C)cc(Br)cc1CCN. The second-order valence-corrected chi connectivity index (χ2v) is 4.76. The van der Waals surface area contributed by atoms with Crippen LogP contribution in [0.15, 0.2) is 16.6 Å². The maximum Gasteiger partial charge on any atom is 0.344 e. The number of ether oxygens (including phenoxy) is 2. The van der Waals surface area contributed by atoms with E-state index in [1.807, 2.05) is 19.1 Å². The highest BCUT2D eigenvalue weighted by Crippen LogP contribution is 2.28. The zero-order chi connectivity index (χ0) is 13.5. The molecule has 18 heavy (non-hydrogen) atoms. The van der Waals surface area contributed by atoms with Crippen LogP contribution in [0.1, 0.15) is 18.1 Å². The Bertz CT molecular complexity index is 421. The normalized spacial score (nSPS) is 10.2.